The van der Waals surface area contributed by atoms with Crippen molar-refractivity contribution in [2.75, 3.05) is 20.3 Å². The van der Waals surface area contributed by atoms with Crippen molar-refractivity contribution in [1.29, 1.82) is 0 Å². The second-order valence-electron chi connectivity index (χ2n) is 4.32. The maximum absolute atomic E-state index is 8.71. The van der Waals surface area contributed by atoms with E-state index in [4.69, 9.17) is 9.84 Å². The normalized spacial score (nSPS) is 23.9. The lowest BCUT2D eigenvalue weighted by Gasteiger charge is -2.36. The molecule has 1 fully saturated rings. The van der Waals surface area contributed by atoms with Crippen molar-refractivity contribution >= 4 is 0 Å². The van der Waals surface area contributed by atoms with Gasteiger partial charge >= 0.3 is 0 Å². The zero-order chi connectivity index (χ0) is 11.4. The Morgan fingerprint density at radius 3 is 2.94 bits per heavy atom. The van der Waals surface area contributed by atoms with Gasteiger partial charge < -0.3 is 15.2 Å². The third-order valence-electron chi connectivity index (χ3n) is 3.25. The molecule has 0 aromatic heterocycles. The molecule has 2 rings (SSSR count). The molecule has 0 atom stereocenters. The Bertz CT molecular complexity index is 334. The number of rotatable bonds is 5. The Morgan fingerprint density at radius 2 is 2.25 bits per heavy atom. The monoisotopic (exact) mass is 221 g/mol. The van der Waals surface area contributed by atoms with Gasteiger partial charge in [-0.25, -0.2) is 0 Å². The van der Waals surface area contributed by atoms with E-state index in [-0.39, 0.29) is 6.61 Å². The van der Waals surface area contributed by atoms with E-state index in [9.17, 15) is 0 Å². The van der Waals surface area contributed by atoms with Crippen molar-refractivity contribution in [3.63, 3.8) is 0 Å². The summed E-state index contributed by atoms with van der Waals surface area (Å²) in [5.74, 6) is 1.58. The lowest BCUT2D eigenvalue weighted by atomic mass is 9.76. The van der Waals surface area contributed by atoms with Gasteiger partial charge in [-0.3, -0.25) is 0 Å². The van der Waals surface area contributed by atoms with Crippen LogP contribution in [-0.2, 0) is 0 Å². The molecular formula is C13H19NO2. The van der Waals surface area contributed by atoms with Crippen LogP contribution in [0.4, 0.5) is 0 Å². The Labute approximate surface area is 96.4 Å². The second kappa shape index (κ2) is 5.32. The zero-order valence-corrected chi connectivity index (χ0v) is 9.65. The van der Waals surface area contributed by atoms with Crippen LogP contribution < -0.4 is 10.1 Å². The van der Waals surface area contributed by atoms with Crippen molar-refractivity contribution in [2.45, 2.75) is 24.8 Å². The van der Waals surface area contributed by atoms with Crippen LogP contribution in [0, 0.1) is 0 Å². The summed E-state index contributed by atoms with van der Waals surface area (Å²) in [6, 6.07) is 8.87. The average Bonchev–Trinajstić information content (AvgIpc) is 2.27. The van der Waals surface area contributed by atoms with Crippen LogP contribution in [-0.4, -0.2) is 31.4 Å². The Kier molecular flexibility index (Phi) is 3.80. The molecule has 2 N–H and O–H groups in total. The predicted octanol–water partition coefficient (Wildman–Crippen LogP) is 1.52. The summed E-state index contributed by atoms with van der Waals surface area (Å²) in [7, 11) is 1.70. The van der Waals surface area contributed by atoms with Crippen LogP contribution in [0.2, 0.25) is 0 Å². The smallest absolute Gasteiger partial charge is 0.119 e. The van der Waals surface area contributed by atoms with Crippen molar-refractivity contribution in [3.8, 4) is 5.75 Å². The highest BCUT2D eigenvalue weighted by atomic mass is 16.5. The standard InChI is InChI=1S/C13H19NO2/c1-16-13-4-2-3-10(9-13)11-7-12(8-11)14-5-6-15/h2-4,9,11-12,14-15H,5-8H2,1H3. The molecule has 16 heavy (non-hydrogen) atoms. The molecule has 0 radical (unpaired) electrons. The van der Waals surface area contributed by atoms with Crippen LogP contribution in [0.15, 0.2) is 24.3 Å². The van der Waals surface area contributed by atoms with E-state index >= 15 is 0 Å². The van der Waals surface area contributed by atoms with Gasteiger partial charge in [0.15, 0.2) is 0 Å². The highest BCUT2D eigenvalue weighted by molar-refractivity contribution is 5.32. The minimum atomic E-state index is 0.223. The lowest BCUT2D eigenvalue weighted by molar-refractivity contribution is 0.244. The van der Waals surface area contributed by atoms with Crippen molar-refractivity contribution in [3.05, 3.63) is 29.8 Å². The SMILES string of the molecule is COc1cccc(C2CC(NCCO)C2)c1. The number of ether oxygens (including phenoxy) is 1. The van der Waals surface area contributed by atoms with E-state index in [1.54, 1.807) is 7.11 Å². The van der Waals surface area contributed by atoms with E-state index in [0.29, 0.717) is 18.5 Å². The maximum Gasteiger partial charge on any atom is 0.119 e. The molecule has 88 valence electrons. The van der Waals surface area contributed by atoms with Crippen LogP contribution >= 0.6 is 0 Å². The van der Waals surface area contributed by atoms with E-state index in [0.717, 1.165) is 18.6 Å². The third-order valence-corrected chi connectivity index (χ3v) is 3.25. The largest absolute Gasteiger partial charge is 0.497 e. The molecule has 0 heterocycles. The van der Waals surface area contributed by atoms with E-state index in [1.807, 2.05) is 12.1 Å². The number of benzene rings is 1. The molecule has 1 saturated carbocycles. The van der Waals surface area contributed by atoms with Gasteiger partial charge in [-0.1, -0.05) is 12.1 Å². The first-order valence-corrected chi connectivity index (χ1v) is 5.81. The van der Waals surface area contributed by atoms with Crippen LogP contribution in [0.25, 0.3) is 0 Å². The van der Waals surface area contributed by atoms with Gasteiger partial charge in [-0.2, -0.15) is 0 Å². The number of aliphatic hydroxyl groups is 1. The van der Waals surface area contributed by atoms with Gasteiger partial charge in [0.25, 0.3) is 0 Å². The van der Waals surface area contributed by atoms with Crippen molar-refractivity contribution < 1.29 is 9.84 Å². The van der Waals surface area contributed by atoms with Gasteiger partial charge in [-0.15, -0.1) is 0 Å². The predicted molar refractivity (Wildman–Crippen MR) is 63.8 cm³/mol. The van der Waals surface area contributed by atoms with Crippen LogP contribution in [0.5, 0.6) is 5.75 Å². The molecule has 1 aliphatic carbocycles. The number of methoxy groups -OCH3 is 1. The Balaban J connectivity index is 1.86. The van der Waals surface area contributed by atoms with Gasteiger partial charge in [-0.05, 0) is 36.5 Å². The summed E-state index contributed by atoms with van der Waals surface area (Å²) < 4.78 is 5.22. The van der Waals surface area contributed by atoms with Crippen LogP contribution in [0.3, 0.4) is 0 Å². The van der Waals surface area contributed by atoms with Crippen molar-refractivity contribution in [1.82, 2.24) is 5.32 Å². The molecular weight excluding hydrogens is 202 g/mol. The molecule has 1 aliphatic rings. The number of hydrogen-bond acceptors (Lipinski definition) is 3. The first-order chi connectivity index (χ1) is 7.83. The minimum Gasteiger partial charge on any atom is -0.497 e. The first-order valence-electron chi connectivity index (χ1n) is 5.81. The molecule has 1 aromatic carbocycles. The summed E-state index contributed by atoms with van der Waals surface area (Å²) in [6.07, 6.45) is 2.32. The molecule has 3 heteroatoms. The van der Waals surface area contributed by atoms with Gasteiger partial charge in [0.1, 0.15) is 5.75 Å². The Morgan fingerprint density at radius 1 is 1.44 bits per heavy atom. The van der Waals surface area contributed by atoms with E-state index in [2.05, 4.69) is 17.4 Å². The number of nitrogens with one attached hydrogen (secondary N) is 1. The Hall–Kier alpha value is -1.06. The van der Waals surface area contributed by atoms with Gasteiger partial charge in [0, 0.05) is 12.6 Å². The minimum absolute atomic E-state index is 0.223. The topological polar surface area (TPSA) is 41.5 Å². The molecule has 1 aromatic rings. The summed E-state index contributed by atoms with van der Waals surface area (Å²) in [5, 5.41) is 12.0. The third kappa shape index (κ3) is 2.54. The van der Waals surface area contributed by atoms with Crippen molar-refractivity contribution in [2.24, 2.45) is 0 Å². The molecule has 0 unspecified atom stereocenters. The van der Waals surface area contributed by atoms with Gasteiger partial charge in [0.05, 0.1) is 13.7 Å². The molecule has 0 amide bonds. The number of aliphatic hydroxyl groups excluding tert-OH is 1. The molecule has 0 spiro atoms. The van der Waals surface area contributed by atoms with Gasteiger partial charge in [0.2, 0.25) is 0 Å². The summed E-state index contributed by atoms with van der Waals surface area (Å²) in [5.41, 5.74) is 1.36. The quantitative estimate of drug-likeness (QED) is 0.792. The fraction of sp³-hybridized carbons (Fsp3) is 0.538. The summed E-state index contributed by atoms with van der Waals surface area (Å²) in [4.78, 5) is 0. The second-order valence-corrected chi connectivity index (χ2v) is 4.32. The maximum atomic E-state index is 8.71. The summed E-state index contributed by atoms with van der Waals surface area (Å²) in [6.45, 7) is 0.926. The molecule has 0 bridgehead atoms. The fourth-order valence-electron chi connectivity index (χ4n) is 2.22. The molecule has 3 nitrogen and oxygen atoms in total. The highest BCUT2D eigenvalue weighted by Crippen LogP contribution is 2.37. The van der Waals surface area contributed by atoms with E-state index < -0.39 is 0 Å². The lowest BCUT2D eigenvalue weighted by Crippen LogP contribution is -2.41. The fourth-order valence-corrected chi connectivity index (χ4v) is 2.22. The zero-order valence-electron chi connectivity index (χ0n) is 9.65. The summed E-state index contributed by atoms with van der Waals surface area (Å²) >= 11 is 0. The van der Waals surface area contributed by atoms with Crippen LogP contribution in [0.1, 0.15) is 24.3 Å². The molecule has 0 aliphatic heterocycles. The van der Waals surface area contributed by atoms with E-state index in [1.165, 1.54) is 5.56 Å². The average molecular weight is 221 g/mol. The highest BCUT2D eigenvalue weighted by Gasteiger charge is 2.29. The molecule has 0 saturated heterocycles. The number of hydrogen-bond donors (Lipinski definition) is 2. The first kappa shape index (κ1) is 11.4.